The number of rotatable bonds is 3. The fourth-order valence-corrected chi connectivity index (χ4v) is 4.27. The number of H-pyrrole nitrogens is 3. The van der Waals surface area contributed by atoms with Crippen molar-refractivity contribution in [2.24, 2.45) is 0 Å². The van der Waals surface area contributed by atoms with Crippen LogP contribution in [-0.2, 0) is 4.79 Å². The summed E-state index contributed by atoms with van der Waals surface area (Å²) in [7, 11) is 3.27. The minimum Gasteiger partial charge on any atom is -0.496 e. The standard InChI is InChI=1S/C22H18N4O4/c1-26-13-9-5-3-7-11(13)15(21(26)28)16-17-19(24-22(29)25-20(17)27)23-18(16)12-8-4-6-10-14(12)30-2/h3-10,15H,1-2H3,(H3,23,24,25,27,29)/t15-/m1/s1. The van der Waals surface area contributed by atoms with Crippen LogP contribution in [0.3, 0.4) is 0 Å². The van der Waals surface area contributed by atoms with Crippen LogP contribution in [0.2, 0.25) is 0 Å². The molecule has 8 nitrogen and oxygen atoms in total. The zero-order valence-corrected chi connectivity index (χ0v) is 16.3. The molecule has 0 spiro atoms. The van der Waals surface area contributed by atoms with Gasteiger partial charge in [0, 0.05) is 23.9 Å². The minimum absolute atomic E-state index is 0.154. The quantitative estimate of drug-likeness (QED) is 0.488. The van der Waals surface area contributed by atoms with Crippen LogP contribution in [0.25, 0.3) is 22.3 Å². The van der Waals surface area contributed by atoms with Crippen LogP contribution in [0.4, 0.5) is 5.69 Å². The molecule has 0 saturated heterocycles. The number of carbonyl (C=O) groups excluding carboxylic acids is 1. The second kappa shape index (κ2) is 6.48. The Bertz CT molecular complexity index is 1430. The van der Waals surface area contributed by atoms with Gasteiger partial charge >= 0.3 is 5.69 Å². The zero-order valence-electron chi connectivity index (χ0n) is 16.3. The molecule has 1 aliphatic rings. The Morgan fingerprint density at radius 2 is 1.67 bits per heavy atom. The van der Waals surface area contributed by atoms with Crippen molar-refractivity contribution in [1.82, 2.24) is 15.0 Å². The predicted octanol–water partition coefficient (Wildman–Crippen LogP) is 2.33. The molecule has 2 aromatic heterocycles. The maximum Gasteiger partial charge on any atom is 0.327 e. The van der Waals surface area contributed by atoms with Crippen LogP contribution in [-0.4, -0.2) is 35.0 Å². The van der Waals surface area contributed by atoms with Crippen molar-refractivity contribution in [2.45, 2.75) is 5.92 Å². The number of amides is 1. The molecular formula is C22H18N4O4. The van der Waals surface area contributed by atoms with Crippen LogP contribution < -0.4 is 20.9 Å². The molecule has 8 heteroatoms. The summed E-state index contributed by atoms with van der Waals surface area (Å²) in [4.78, 5) is 47.7. The van der Waals surface area contributed by atoms with Crippen LogP contribution in [0.15, 0.2) is 58.1 Å². The Labute approximate surface area is 170 Å². The first kappa shape index (κ1) is 18.0. The van der Waals surface area contributed by atoms with Crippen molar-refractivity contribution in [3.8, 4) is 17.0 Å². The molecule has 3 N–H and O–H groups in total. The van der Waals surface area contributed by atoms with Crippen molar-refractivity contribution >= 4 is 22.6 Å². The average molecular weight is 402 g/mol. The highest BCUT2D eigenvalue weighted by Crippen LogP contribution is 2.46. The fourth-order valence-electron chi connectivity index (χ4n) is 4.27. The smallest absolute Gasteiger partial charge is 0.327 e. The van der Waals surface area contributed by atoms with Crippen LogP contribution >= 0.6 is 0 Å². The van der Waals surface area contributed by atoms with E-state index in [0.29, 0.717) is 22.6 Å². The van der Waals surface area contributed by atoms with Gasteiger partial charge in [-0.05, 0) is 23.8 Å². The lowest BCUT2D eigenvalue weighted by atomic mass is 9.89. The van der Waals surface area contributed by atoms with Gasteiger partial charge in [-0.1, -0.05) is 30.3 Å². The van der Waals surface area contributed by atoms with Gasteiger partial charge in [-0.2, -0.15) is 0 Å². The second-order valence-electron chi connectivity index (χ2n) is 7.16. The summed E-state index contributed by atoms with van der Waals surface area (Å²) < 4.78 is 5.51. The van der Waals surface area contributed by atoms with Crippen molar-refractivity contribution in [3.05, 3.63) is 80.5 Å². The number of carbonyl (C=O) groups is 1. The third-order valence-electron chi connectivity index (χ3n) is 5.58. The topological polar surface area (TPSA) is 111 Å². The Balaban J connectivity index is 1.92. The molecule has 3 heterocycles. The molecule has 0 unspecified atom stereocenters. The molecule has 30 heavy (non-hydrogen) atoms. The van der Waals surface area contributed by atoms with E-state index in [1.54, 1.807) is 25.1 Å². The highest BCUT2D eigenvalue weighted by Gasteiger charge is 2.40. The molecule has 0 radical (unpaired) electrons. The van der Waals surface area contributed by atoms with Gasteiger partial charge in [-0.25, -0.2) is 4.79 Å². The molecular weight excluding hydrogens is 384 g/mol. The van der Waals surface area contributed by atoms with Crippen molar-refractivity contribution in [1.29, 1.82) is 0 Å². The van der Waals surface area contributed by atoms with E-state index in [1.165, 1.54) is 0 Å². The number of hydrogen-bond donors (Lipinski definition) is 3. The Hall–Kier alpha value is -4.07. The third-order valence-corrected chi connectivity index (χ3v) is 5.58. The van der Waals surface area contributed by atoms with Crippen molar-refractivity contribution in [2.75, 3.05) is 19.1 Å². The maximum atomic E-state index is 13.3. The van der Waals surface area contributed by atoms with E-state index in [0.717, 1.165) is 11.3 Å². The van der Waals surface area contributed by atoms with E-state index in [-0.39, 0.29) is 16.9 Å². The second-order valence-corrected chi connectivity index (χ2v) is 7.16. The van der Waals surface area contributed by atoms with E-state index < -0.39 is 17.2 Å². The van der Waals surface area contributed by atoms with Crippen molar-refractivity contribution < 1.29 is 9.53 Å². The number of aromatic amines is 3. The molecule has 0 saturated carbocycles. The van der Waals surface area contributed by atoms with Gasteiger partial charge in [0.05, 0.1) is 24.1 Å². The maximum absolute atomic E-state index is 13.3. The molecule has 0 bridgehead atoms. The highest BCUT2D eigenvalue weighted by atomic mass is 16.5. The lowest BCUT2D eigenvalue weighted by Gasteiger charge is -2.14. The number of aromatic nitrogens is 3. The fraction of sp³-hybridized carbons (Fsp3) is 0.136. The van der Waals surface area contributed by atoms with Gasteiger partial charge < -0.3 is 14.6 Å². The summed E-state index contributed by atoms with van der Waals surface area (Å²) in [5, 5.41) is 0.249. The first-order valence-electron chi connectivity index (χ1n) is 9.39. The number of fused-ring (bicyclic) bond motifs is 2. The molecule has 150 valence electrons. The summed E-state index contributed by atoms with van der Waals surface area (Å²) in [6.07, 6.45) is 0. The highest BCUT2D eigenvalue weighted by molar-refractivity contribution is 6.10. The van der Waals surface area contributed by atoms with Gasteiger partial charge in [0.2, 0.25) is 5.91 Å². The summed E-state index contributed by atoms with van der Waals surface area (Å²) in [6, 6.07) is 14.8. The number of nitrogens with zero attached hydrogens (tertiary/aromatic N) is 1. The number of benzene rings is 2. The molecule has 5 rings (SSSR count). The van der Waals surface area contributed by atoms with E-state index >= 15 is 0 Å². The summed E-state index contributed by atoms with van der Waals surface area (Å²) >= 11 is 0. The van der Waals surface area contributed by atoms with Crippen molar-refractivity contribution in [3.63, 3.8) is 0 Å². The number of methoxy groups -OCH3 is 1. The first-order chi connectivity index (χ1) is 14.5. The van der Waals surface area contributed by atoms with Gasteiger partial charge in [0.25, 0.3) is 5.56 Å². The SMILES string of the molecule is COc1ccccc1-c1[nH]c2[nH]c(=O)[nH]c(=O)c2c1[C@@H]1C(=O)N(C)c2ccccc21. The predicted molar refractivity (Wildman–Crippen MR) is 113 cm³/mol. The van der Waals surface area contributed by atoms with Gasteiger partial charge in [0.15, 0.2) is 0 Å². The number of anilines is 1. The van der Waals surface area contributed by atoms with Gasteiger partial charge in [-0.15, -0.1) is 0 Å². The Kier molecular flexibility index (Phi) is 3.89. The largest absolute Gasteiger partial charge is 0.496 e. The Morgan fingerprint density at radius 3 is 2.47 bits per heavy atom. The van der Waals surface area contributed by atoms with E-state index in [2.05, 4.69) is 15.0 Å². The van der Waals surface area contributed by atoms with E-state index in [1.807, 2.05) is 42.5 Å². The molecule has 0 aliphatic carbocycles. The molecule has 1 atom stereocenters. The van der Waals surface area contributed by atoms with E-state index in [9.17, 15) is 14.4 Å². The molecule has 4 aromatic rings. The summed E-state index contributed by atoms with van der Waals surface area (Å²) in [6.45, 7) is 0. The zero-order chi connectivity index (χ0) is 21.0. The molecule has 2 aromatic carbocycles. The minimum atomic E-state index is -0.702. The van der Waals surface area contributed by atoms with Gasteiger partial charge in [-0.3, -0.25) is 19.6 Å². The Morgan fingerprint density at radius 1 is 0.933 bits per heavy atom. The number of hydrogen-bond acceptors (Lipinski definition) is 4. The number of nitrogens with one attached hydrogen (secondary N) is 3. The first-order valence-corrected chi connectivity index (χ1v) is 9.39. The number of likely N-dealkylation sites (N-methyl/N-ethyl adjacent to an activating group) is 1. The van der Waals surface area contributed by atoms with Crippen LogP contribution in [0.1, 0.15) is 17.0 Å². The summed E-state index contributed by atoms with van der Waals surface area (Å²) in [5.74, 6) is -0.276. The van der Waals surface area contributed by atoms with Gasteiger partial charge in [0.1, 0.15) is 11.4 Å². The molecule has 1 amide bonds. The van der Waals surface area contributed by atoms with Crippen LogP contribution in [0, 0.1) is 0 Å². The summed E-state index contributed by atoms with van der Waals surface area (Å²) in [5.41, 5.74) is 2.42. The van der Waals surface area contributed by atoms with E-state index in [4.69, 9.17) is 4.74 Å². The van der Waals surface area contributed by atoms with Crippen LogP contribution in [0.5, 0.6) is 5.75 Å². The monoisotopic (exact) mass is 402 g/mol. The average Bonchev–Trinajstić information content (AvgIpc) is 3.23. The number of ether oxygens (including phenoxy) is 1. The normalized spacial score (nSPS) is 15.6. The third kappa shape index (κ3) is 2.43. The lowest BCUT2D eigenvalue weighted by Crippen LogP contribution is -2.26. The lowest BCUT2D eigenvalue weighted by molar-refractivity contribution is -0.118. The number of para-hydroxylation sites is 2. The molecule has 1 aliphatic heterocycles. The molecule has 0 fully saturated rings.